The molecule has 2 aromatic rings. The van der Waals surface area contributed by atoms with Crippen LogP contribution >= 0.6 is 23.4 Å². The molecule has 0 unspecified atom stereocenters. The van der Waals surface area contributed by atoms with E-state index < -0.39 is 0 Å². The third-order valence-corrected chi connectivity index (χ3v) is 4.71. The molecule has 1 aliphatic rings. The van der Waals surface area contributed by atoms with E-state index in [1.165, 1.54) is 0 Å². The maximum atomic E-state index is 9.78. The molecule has 110 valence electrons. The minimum atomic E-state index is -0.127. The number of hydrogen-bond donors (Lipinski definition) is 3. The predicted octanol–water partition coefficient (Wildman–Crippen LogP) is 3.70. The van der Waals surface area contributed by atoms with Crippen LogP contribution in [0.5, 0.6) is 11.5 Å². The first kappa shape index (κ1) is 14.4. The van der Waals surface area contributed by atoms with Crippen LogP contribution in [0.25, 0.3) is 0 Å². The van der Waals surface area contributed by atoms with Crippen molar-refractivity contribution in [2.75, 3.05) is 18.0 Å². The van der Waals surface area contributed by atoms with Crippen molar-refractivity contribution in [3.63, 3.8) is 0 Å². The largest absolute Gasteiger partial charge is 0.504 e. The van der Waals surface area contributed by atoms with Gasteiger partial charge in [-0.05, 0) is 37.2 Å². The Labute approximate surface area is 132 Å². The van der Waals surface area contributed by atoms with E-state index in [0.717, 1.165) is 34.1 Å². The van der Waals surface area contributed by atoms with Crippen LogP contribution in [-0.2, 0) is 0 Å². The standard InChI is InChI=1S/C15H15ClN2O2S/c16-9-2-3-14-10(6-9)18(5-1-4-17)11-7-12(19)13(20)8-15(11)21-14/h2-3,6-8,19-20H,1,4-5,17H2. The Kier molecular flexibility index (Phi) is 3.89. The van der Waals surface area contributed by atoms with Crippen molar-refractivity contribution in [3.8, 4) is 11.5 Å². The maximum absolute atomic E-state index is 9.78. The second kappa shape index (κ2) is 5.67. The van der Waals surface area contributed by atoms with E-state index in [2.05, 4.69) is 4.90 Å². The van der Waals surface area contributed by atoms with Crippen LogP contribution < -0.4 is 10.6 Å². The van der Waals surface area contributed by atoms with Gasteiger partial charge >= 0.3 is 0 Å². The Morgan fingerprint density at radius 3 is 2.52 bits per heavy atom. The minimum absolute atomic E-state index is 0.113. The number of halogens is 1. The zero-order valence-corrected chi connectivity index (χ0v) is 12.8. The van der Waals surface area contributed by atoms with E-state index in [9.17, 15) is 10.2 Å². The third-order valence-electron chi connectivity index (χ3n) is 3.36. The SMILES string of the molecule is NCCCN1c2cc(Cl)ccc2Sc2cc(O)c(O)cc21. The van der Waals surface area contributed by atoms with Gasteiger partial charge in [-0.25, -0.2) is 0 Å². The zero-order chi connectivity index (χ0) is 15.0. The minimum Gasteiger partial charge on any atom is -0.504 e. The Hall–Kier alpha value is -1.56. The first-order chi connectivity index (χ1) is 10.1. The molecule has 21 heavy (non-hydrogen) atoms. The molecule has 2 aromatic carbocycles. The van der Waals surface area contributed by atoms with Crippen LogP contribution in [-0.4, -0.2) is 23.3 Å². The molecule has 6 heteroatoms. The van der Waals surface area contributed by atoms with Crippen LogP contribution in [0.4, 0.5) is 11.4 Å². The van der Waals surface area contributed by atoms with Gasteiger partial charge < -0.3 is 20.8 Å². The highest BCUT2D eigenvalue weighted by Crippen LogP contribution is 2.51. The van der Waals surface area contributed by atoms with Crippen molar-refractivity contribution >= 4 is 34.7 Å². The van der Waals surface area contributed by atoms with E-state index in [1.54, 1.807) is 23.9 Å². The van der Waals surface area contributed by atoms with E-state index in [-0.39, 0.29) is 11.5 Å². The summed E-state index contributed by atoms with van der Waals surface area (Å²) in [6, 6.07) is 8.89. The monoisotopic (exact) mass is 322 g/mol. The molecular formula is C15H15ClN2O2S. The molecule has 0 saturated carbocycles. The molecule has 0 amide bonds. The molecule has 0 fully saturated rings. The third kappa shape index (κ3) is 2.64. The lowest BCUT2D eigenvalue weighted by atomic mass is 10.2. The van der Waals surface area contributed by atoms with Crippen molar-refractivity contribution in [3.05, 3.63) is 35.4 Å². The van der Waals surface area contributed by atoms with Crippen molar-refractivity contribution < 1.29 is 10.2 Å². The van der Waals surface area contributed by atoms with Crippen LogP contribution in [0, 0.1) is 0 Å². The molecule has 4 N–H and O–H groups in total. The molecule has 1 aliphatic heterocycles. The lowest BCUT2D eigenvalue weighted by Gasteiger charge is -2.33. The molecule has 3 rings (SSSR count). The van der Waals surface area contributed by atoms with Crippen LogP contribution in [0.15, 0.2) is 40.1 Å². The van der Waals surface area contributed by atoms with Gasteiger partial charge in [0.05, 0.1) is 11.4 Å². The summed E-state index contributed by atoms with van der Waals surface area (Å²) in [4.78, 5) is 4.05. The summed E-state index contributed by atoms with van der Waals surface area (Å²) in [5.41, 5.74) is 7.48. The van der Waals surface area contributed by atoms with Gasteiger partial charge in [-0.15, -0.1) is 0 Å². The maximum Gasteiger partial charge on any atom is 0.159 e. The average Bonchev–Trinajstić information content (AvgIpc) is 2.46. The van der Waals surface area contributed by atoms with E-state index >= 15 is 0 Å². The zero-order valence-electron chi connectivity index (χ0n) is 11.2. The summed E-state index contributed by atoms with van der Waals surface area (Å²) in [7, 11) is 0. The second-order valence-corrected chi connectivity index (χ2v) is 6.34. The summed E-state index contributed by atoms with van der Waals surface area (Å²) in [5, 5.41) is 20.2. The number of anilines is 2. The molecule has 0 atom stereocenters. The number of hydrogen-bond acceptors (Lipinski definition) is 5. The van der Waals surface area contributed by atoms with E-state index in [4.69, 9.17) is 17.3 Å². The number of phenolic OH excluding ortho intramolecular Hbond substituents is 2. The smallest absolute Gasteiger partial charge is 0.159 e. The highest BCUT2D eigenvalue weighted by atomic mass is 35.5. The first-order valence-electron chi connectivity index (χ1n) is 6.61. The predicted molar refractivity (Wildman–Crippen MR) is 86.0 cm³/mol. The highest BCUT2D eigenvalue weighted by Gasteiger charge is 2.25. The van der Waals surface area contributed by atoms with Gasteiger partial charge in [0, 0.05) is 27.4 Å². The topological polar surface area (TPSA) is 69.7 Å². The molecule has 0 aromatic heterocycles. The van der Waals surface area contributed by atoms with Crippen molar-refractivity contribution in [1.82, 2.24) is 0 Å². The normalized spacial score (nSPS) is 13.0. The number of fused-ring (bicyclic) bond motifs is 2. The number of nitrogens with zero attached hydrogens (tertiary/aromatic N) is 1. The van der Waals surface area contributed by atoms with Crippen LogP contribution in [0.1, 0.15) is 6.42 Å². The fraction of sp³-hybridized carbons (Fsp3) is 0.200. The van der Waals surface area contributed by atoms with Gasteiger partial charge in [-0.2, -0.15) is 0 Å². The Bertz CT molecular complexity index is 694. The molecule has 0 spiro atoms. The lowest BCUT2D eigenvalue weighted by molar-refractivity contribution is 0.402. The van der Waals surface area contributed by atoms with Gasteiger partial charge in [0.2, 0.25) is 0 Å². The van der Waals surface area contributed by atoms with Gasteiger partial charge in [-0.1, -0.05) is 23.4 Å². The number of benzene rings is 2. The van der Waals surface area contributed by atoms with Gasteiger partial charge in [-0.3, -0.25) is 0 Å². The number of phenols is 2. The van der Waals surface area contributed by atoms with Gasteiger partial charge in [0.15, 0.2) is 11.5 Å². The second-order valence-electron chi connectivity index (χ2n) is 4.82. The van der Waals surface area contributed by atoms with Gasteiger partial charge in [0.25, 0.3) is 0 Å². The fourth-order valence-electron chi connectivity index (χ4n) is 2.37. The van der Waals surface area contributed by atoms with E-state index in [0.29, 0.717) is 11.6 Å². The molecule has 0 bridgehead atoms. The molecule has 0 saturated heterocycles. The summed E-state index contributed by atoms with van der Waals surface area (Å²) in [6.07, 6.45) is 0.817. The van der Waals surface area contributed by atoms with Crippen molar-refractivity contribution in [1.29, 1.82) is 0 Å². The Morgan fingerprint density at radius 2 is 1.76 bits per heavy atom. The van der Waals surface area contributed by atoms with Crippen molar-refractivity contribution in [2.45, 2.75) is 16.2 Å². The Balaban J connectivity index is 2.12. The van der Waals surface area contributed by atoms with Gasteiger partial charge in [0.1, 0.15) is 0 Å². The van der Waals surface area contributed by atoms with E-state index in [1.807, 2.05) is 18.2 Å². The summed E-state index contributed by atoms with van der Waals surface area (Å²) in [5.74, 6) is -0.241. The van der Waals surface area contributed by atoms with Crippen LogP contribution in [0.3, 0.4) is 0 Å². The number of nitrogens with two attached hydrogens (primary N) is 1. The molecule has 0 radical (unpaired) electrons. The summed E-state index contributed by atoms with van der Waals surface area (Å²) in [6.45, 7) is 1.31. The summed E-state index contributed by atoms with van der Waals surface area (Å²) >= 11 is 7.66. The summed E-state index contributed by atoms with van der Waals surface area (Å²) < 4.78 is 0. The highest BCUT2D eigenvalue weighted by molar-refractivity contribution is 7.99. The molecule has 4 nitrogen and oxygen atoms in total. The number of aromatic hydroxyl groups is 2. The Morgan fingerprint density at radius 1 is 1.05 bits per heavy atom. The molecule has 1 heterocycles. The molecular weight excluding hydrogens is 308 g/mol. The first-order valence-corrected chi connectivity index (χ1v) is 7.80. The lowest BCUT2D eigenvalue weighted by Crippen LogP contribution is -2.23. The van der Waals surface area contributed by atoms with Crippen molar-refractivity contribution in [2.24, 2.45) is 5.73 Å². The molecule has 0 aliphatic carbocycles. The fourth-order valence-corrected chi connectivity index (χ4v) is 3.62. The quantitative estimate of drug-likeness (QED) is 0.752. The number of rotatable bonds is 3. The van der Waals surface area contributed by atoms with Crippen LogP contribution in [0.2, 0.25) is 5.02 Å². The average molecular weight is 323 g/mol.